The second-order valence-corrected chi connectivity index (χ2v) is 6.79. The average Bonchev–Trinajstić information content (AvgIpc) is 2.96. The third-order valence-corrected chi connectivity index (χ3v) is 4.87. The Bertz CT molecular complexity index is 388. The first-order valence-corrected chi connectivity index (χ1v) is 7.63. The molecule has 1 fully saturated rings. The van der Waals surface area contributed by atoms with Crippen LogP contribution < -0.4 is 11.1 Å². The fourth-order valence-electron chi connectivity index (χ4n) is 2.41. The summed E-state index contributed by atoms with van der Waals surface area (Å²) in [6.45, 7) is 0.529. The van der Waals surface area contributed by atoms with Crippen LogP contribution >= 0.6 is 27.3 Å². The molecular formula is C12H17BrN2OS. The van der Waals surface area contributed by atoms with E-state index in [1.165, 1.54) is 37.0 Å². The third kappa shape index (κ3) is 3.30. The molecule has 3 N–H and O–H groups in total. The van der Waals surface area contributed by atoms with E-state index < -0.39 is 0 Å². The molecule has 1 heterocycles. The van der Waals surface area contributed by atoms with Crippen LogP contribution in [0.2, 0.25) is 0 Å². The summed E-state index contributed by atoms with van der Waals surface area (Å²) in [7, 11) is 0. The summed E-state index contributed by atoms with van der Waals surface area (Å²) in [5, 5.41) is 4.92. The molecule has 0 spiro atoms. The highest BCUT2D eigenvalue weighted by atomic mass is 79.9. The maximum absolute atomic E-state index is 12.0. The Morgan fingerprint density at radius 2 is 2.29 bits per heavy atom. The zero-order valence-electron chi connectivity index (χ0n) is 9.62. The second kappa shape index (κ2) is 5.98. The van der Waals surface area contributed by atoms with E-state index in [4.69, 9.17) is 5.73 Å². The molecule has 0 aliphatic heterocycles. The quantitative estimate of drug-likeness (QED) is 0.897. The van der Waals surface area contributed by atoms with Crippen LogP contribution in [0.1, 0.15) is 36.0 Å². The number of hydrogen-bond donors (Lipinski definition) is 2. The number of carbonyl (C=O) groups is 1. The summed E-state index contributed by atoms with van der Waals surface area (Å²) >= 11 is 4.89. The number of carbonyl (C=O) groups excluding carboxylic acids is 1. The average molecular weight is 317 g/mol. The molecule has 0 saturated heterocycles. The minimum absolute atomic E-state index is 0.00528. The van der Waals surface area contributed by atoms with Gasteiger partial charge in [-0.2, -0.15) is 0 Å². The minimum atomic E-state index is -0.00528. The van der Waals surface area contributed by atoms with Crippen molar-refractivity contribution in [3.8, 4) is 0 Å². The lowest BCUT2D eigenvalue weighted by atomic mass is 9.98. The van der Waals surface area contributed by atoms with Gasteiger partial charge in [0.05, 0.1) is 9.35 Å². The van der Waals surface area contributed by atoms with Crippen molar-refractivity contribution in [3.63, 3.8) is 0 Å². The van der Waals surface area contributed by atoms with Crippen molar-refractivity contribution in [2.45, 2.75) is 31.7 Å². The Kier molecular flexibility index (Phi) is 4.59. The first-order chi connectivity index (χ1) is 8.20. The Balaban J connectivity index is 1.96. The summed E-state index contributed by atoms with van der Waals surface area (Å²) < 4.78 is 0.979. The van der Waals surface area contributed by atoms with Crippen molar-refractivity contribution in [2.24, 2.45) is 11.7 Å². The third-order valence-electron chi connectivity index (χ3n) is 3.37. The summed E-state index contributed by atoms with van der Waals surface area (Å²) in [5.74, 6) is 0.556. The van der Waals surface area contributed by atoms with E-state index in [9.17, 15) is 4.79 Å². The van der Waals surface area contributed by atoms with Crippen LogP contribution in [0.4, 0.5) is 0 Å². The van der Waals surface area contributed by atoms with E-state index in [1.54, 1.807) is 0 Å². The smallest absolute Gasteiger partial charge is 0.252 e. The van der Waals surface area contributed by atoms with Gasteiger partial charge in [0.1, 0.15) is 0 Å². The summed E-state index contributed by atoms with van der Waals surface area (Å²) in [6, 6.07) is 1.98. The van der Waals surface area contributed by atoms with Gasteiger partial charge in [0.25, 0.3) is 5.91 Å². The van der Waals surface area contributed by atoms with Gasteiger partial charge < -0.3 is 11.1 Å². The number of halogens is 1. The standard InChI is InChI=1S/C12H17BrN2OS/c13-11-5-9(7-17-11)12(16)15-10(6-14)8-3-1-2-4-8/h5,7-8,10H,1-4,6,14H2,(H,15,16). The lowest BCUT2D eigenvalue weighted by Gasteiger charge is -2.22. The molecule has 2 rings (SSSR count). The molecule has 1 amide bonds. The van der Waals surface area contributed by atoms with E-state index in [0.29, 0.717) is 12.5 Å². The van der Waals surface area contributed by atoms with Gasteiger partial charge in [-0.1, -0.05) is 12.8 Å². The van der Waals surface area contributed by atoms with Crippen molar-refractivity contribution in [1.82, 2.24) is 5.32 Å². The molecule has 94 valence electrons. The van der Waals surface area contributed by atoms with Crippen LogP contribution in [0.5, 0.6) is 0 Å². The molecule has 0 bridgehead atoms. The van der Waals surface area contributed by atoms with Gasteiger partial charge in [0.15, 0.2) is 0 Å². The van der Waals surface area contributed by atoms with Crippen LogP contribution in [-0.4, -0.2) is 18.5 Å². The van der Waals surface area contributed by atoms with E-state index in [2.05, 4.69) is 21.2 Å². The molecule has 1 aromatic heterocycles. The largest absolute Gasteiger partial charge is 0.348 e. The maximum Gasteiger partial charge on any atom is 0.252 e. The number of hydrogen-bond acceptors (Lipinski definition) is 3. The van der Waals surface area contributed by atoms with Gasteiger partial charge in [0.2, 0.25) is 0 Å². The van der Waals surface area contributed by atoms with Crippen molar-refractivity contribution in [3.05, 3.63) is 20.8 Å². The highest BCUT2D eigenvalue weighted by Crippen LogP contribution is 2.28. The number of rotatable bonds is 4. The highest BCUT2D eigenvalue weighted by molar-refractivity contribution is 9.11. The topological polar surface area (TPSA) is 55.1 Å². The number of nitrogens with two attached hydrogens (primary N) is 1. The SMILES string of the molecule is NCC(NC(=O)c1csc(Br)c1)C1CCCC1. The molecule has 17 heavy (non-hydrogen) atoms. The fraction of sp³-hybridized carbons (Fsp3) is 0.583. The maximum atomic E-state index is 12.0. The normalized spacial score (nSPS) is 18.2. The van der Waals surface area contributed by atoms with Crippen molar-refractivity contribution >= 4 is 33.2 Å². The Hall–Kier alpha value is -0.390. The lowest BCUT2D eigenvalue weighted by Crippen LogP contribution is -2.44. The van der Waals surface area contributed by atoms with E-state index in [1.807, 2.05) is 11.4 Å². The van der Waals surface area contributed by atoms with Crippen LogP contribution in [0.15, 0.2) is 15.2 Å². The molecule has 1 unspecified atom stereocenters. The van der Waals surface area contributed by atoms with Gasteiger partial charge in [-0.15, -0.1) is 11.3 Å². The predicted octanol–water partition coefficient (Wildman–Crippen LogP) is 2.76. The Morgan fingerprint density at radius 3 is 2.82 bits per heavy atom. The summed E-state index contributed by atoms with van der Waals surface area (Å²) in [5.41, 5.74) is 6.48. The van der Waals surface area contributed by atoms with Crippen molar-refractivity contribution in [2.75, 3.05) is 6.54 Å². The van der Waals surface area contributed by atoms with Crippen molar-refractivity contribution in [1.29, 1.82) is 0 Å². The van der Waals surface area contributed by atoms with Gasteiger partial charge in [0, 0.05) is 18.0 Å². The molecule has 1 atom stereocenters. The number of amides is 1. The van der Waals surface area contributed by atoms with Crippen LogP contribution in [0, 0.1) is 5.92 Å². The number of nitrogens with one attached hydrogen (secondary N) is 1. The molecular weight excluding hydrogens is 300 g/mol. The van der Waals surface area contributed by atoms with E-state index >= 15 is 0 Å². The van der Waals surface area contributed by atoms with E-state index in [0.717, 1.165) is 9.35 Å². The molecule has 0 aromatic carbocycles. The monoisotopic (exact) mass is 316 g/mol. The minimum Gasteiger partial charge on any atom is -0.348 e. The Labute approximate surface area is 114 Å². The summed E-state index contributed by atoms with van der Waals surface area (Å²) in [4.78, 5) is 12.0. The molecule has 1 saturated carbocycles. The summed E-state index contributed by atoms with van der Waals surface area (Å²) in [6.07, 6.45) is 4.91. The molecule has 3 nitrogen and oxygen atoms in total. The molecule has 1 aromatic rings. The first kappa shape index (κ1) is 13.1. The molecule has 5 heteroatoms. The van der Waals surface area contributed by atoms with Crippen molar-refractivity contribution < 1.29 is 4.79 Å². The van der Waals surface area contributed by atoms with Gasteiger partial charge in [-0.25, -0.2) is 0 Å². The Morgan fingerprint density at radius 1 is 1.59 bits per heavy atom. The van der Waals surface area contributed by atoms with E-state index in [-0.39, 0.29) is 11.9 Å². The zero-order valence-corrected chi connectivity index (χ0v) is 12.0. The van der Waals surface area contributed by atoms with Crippen LogP contribution in [0.25, 0.3) is 0 Å². The van der Waals surface area contributed by atoms with Crippen LogP contribution in [-0.2, 0) is 0 Å². The molecule has 0 radical (unpaired) electrons. The predicted molar refractivity (Wildman–Crippen MR) is 74.3 cm³/mol. The van der Waals surface area contributed by atoms with Crippen LogP contribution in [0.3, 0.4) is 0 Å². The van der Waals surface area contributed by atoms with Gasteiger partial charge >= 0.3 is 0 Å². The van der Waals surface area contributed by atoms with Gasteiger partial charge in [-0.05, 0) is 40.8 Å². The van der Waals surface area contributed by atoms with Gasteiger partial charge in [-0.3, -0.25) is 4.79 Å². The lowest BCUT2D eigenvalue weighted by molar-refractivity contribution is 0.0924. The first-order valence-electron chi connectivity index (χ1n) is 5.95. The highest BCUT2D eigenvalue weighted by Gasteiger charge is 2.25. The number of thiophene rings is 1. The molecule has 1 aliphatic rings. The molecule has 1 aliphatic carbocycles. The fourth-order valence-corrected chi connectivity index (χ4v) is 3.55. The zero-order chi connectivity index (χ0) is 12.3. The second-order valence-electron chi connectivity index (χ2n) is 4.50.